The predicted octanol–water partition coefficient (Wildman–Crippen LogP) is 4.84. The molecule has 0 amide bonds. The minimum absolute atomic E-state index is 0.132. The molecule has 2 aromatic carbocycles. The Bertz CT molecular complexity index is 574. The van der Waals surface area contributed by atoms with E-state index in [0.717, 1.165) is 11.1 Å². The standard InChI is InChI=1S/C18H21IO/c1-17(2,3)13-5-7-14(8-6-13)18(4,20)15-9-11-16(19)12-10-15/h5-12,20H,1-4H3. The molecule has 2 aromatic rings. The third-order valence-electron chi connectivity index (χ3n) is 3.72. The summed E-state index contributed by atoms with van der Waals surface area (Å²) < 4.78 is 1.17. The lowest BCUT2D eigenvalue weighted by atomic mass is 9.83. The van der Waals surface area contributed by atoms with Gasteiger partial charge < -0.3 is 5.11 Å². The summed E-state index contributed by atoms with van der Waals surface area (Å²) in [4.78, 5) is 0. The van der Waals surface area contributed by atoms with E-state index < -0.39 is 5.60 Å². The summed E-state index contributed by atoms with van der Waals surface area (Å²) >= 11 is 2.27. The number of hydrogen-bond acceptors (Lipinski definition) is 1. The highest BCUT2D eigenvalue weighted by molar-refractivity contribution is 14.1. The lowest BCUT2D eigenvalue weighted by molar-refractivity contribution is 0.102. The van der Waals surface area contributed by atoms with Crippen LogP contribution in [0, 0.1) is 3.57 Å². The summed E-state index contributed by atoms with van der Waals surface area (Å²) in [6.07, 6.45) is 0. The van der Waals surface area contributed by atoms with Crippen molar-refractivity contribution < 1.29 is 5.11 Å². The molecule has 1 N–H and O–H groups in total. The van der Waals surface area contributed by atoms with Crippen molar-refractivity contribution in [2.45, 2.75) is 38.7 Å². The maximum atomic E-state index is 10.8. The van der Waals surface area contributed by atoms with Gasteiger partial charge in [0.05, 0.1) is 0 Å². The average molecular weight is 380 g/mol. The van der Waals surface area contributed by atoms with Crippen molar-refractivity contribution >= 4 is 22.6 Å². The van der Waals surface area contributed by atoms with Crippen LogP contribution in [0.15, 0.2) is 48.5 Å². The van der Waals surface area contributed by atoms with Crippen molar-refractivity contribution in [3.63, 3.8) is 0 Å². The lowest BCUT2D eigenvalue weighted by Crippen LogP contribution is -2.23. The summed E-state index contributed by atoms with van der Waals surface area (Å²) in [5.41, 5.74) is 2.29. The van der Waals surface area contributed by atoms with Crippen LogP contribution in [0.4, 0.5) is 0 Å². The van der Waals surface area contributed by atoms with E-state index in [1.54, 1.807) is 0 Å². The monoisotopic (exact) mass is 380 g/mol. The Labute approximate surface area is 135 Å². The highest BCUT2D eigenvalue weighted by atomic mass is 127. The third-order valence-corrected chi connectivity index (χ3v) is 4.44. The van der Waals surface area contributed by atoms with E-state index in [1.807, 2.05) is 43.3 Å². The van der Waals surface area contributed by atoms with Gasteiger partial charge in [0.15, 0.2) is 0 Å². The number of hydrogen-bond donors (Lipinski definition) is 1. The van der Waals surface area contributed by atoms with Gasteiger partial charge in [0, 0.05) is 3.57 Å². The van der Waals surface area contributed by atoms with E-state index in [1.165, 1.54) is 9.13 Å². The zero-order chi connectivity index (χ0) is 15.0. The molecule has 106 valence electrons. The molecule has 0 fully saturated rings. The molecule has 1 nitrogen and oxygen atoms in total. The van der Waals surface area contributed by atoms with Crippen LogP contribution >= 0.6 is 22.6 Å². The average Bonchev–Trinajstić information content (AvgIpc) is 2.38. The van der Waals surface area contributed by atoms with Crippen LogP contribution in [0.1, 0.15) is 44.4 Å². The predicted molar refractivity (Wildman–Crippen MR) is 93.0 cm³/mol. The third kappa shape index (κ3) is 3.23. The van der Waals surface area contributed by atoms with Crippen LogP contribution in [0.5, 0.6) is 0 Å². The highest BCUT2D eigenvalue weighted by Gasteiger charge is 2.26. The van der Waals surface area contributed by atoms with Crippen LogP contribution in [0.3, 0.4) is 0 Å². The van der Waals surface area contributed by atoms with Crippen molar-refractivity contribution in [1.29, 1.82) is 0 Å². The minimum atomic E-state index is -0.958. The van der Waals surface area contributed by atoms with Gasteiger partial charge in [-0.15, -0.1) is 0 Å². The van der Waals surface area contributed by atoms with Crippen molar-refractivity contribution in [1.82, 2.24) is 0 Å². The van der Waals surface area contributed by atoms with E-state index in [4.69, 9.17) is 0 Å². The Balaban J connectivity index is 2.37. The quantitative estimate of drug-likeness (QED) is 0.739. The largest absolute Gasteiger partial charge is 0.381 e. The Morgan fingerprint density at radius 2 is 1.05 bits per heavy atom. The lowest BCUT2D eigenvalue weighted by Gasteiger charge is -2.26. The molecule has 0 aromatic heterocycles. The molecule has 0 spiro atoms. The summed E-state index contributed by atoms with van der Waals surface area (Å²) in [5, 5.41) is 10.8. The molecule has 0 heterocycles. The highest BCUT2D eigenvalue weighted by Crippen LogP contribution is 2.31. The molecule has 2 heteroatoms. The van der Waals surface area contributed by atoms with E-state index in [0.29, 0.717) is 0 Å². The molecular formula is C18H21IO. The fourth-order valence-corrected chi connectivity index (χ4v) is 2.60. The van der Waals surface area contributed by atoms with Gasteiger partial charge in [0.25, 0.3) is 0 Å². The van der Waals surface area contributed by atoms with Gasteiger partial charge in [-0.05, 0) is 63.8 Å². The molecule has 1 unspecified atom stereocenters. The van der Waals surface area contributed by atoms with Gasteiger partial charge in [-0.25, -0.2) is 0 Å². The first kappa shape index (κ1) is 15.5. The molecule has 1 atom stereocenters. The first-order chi connectivity index (χ1) is 9.21. The molecule has 0 saturated carbocycles. The zero-order valence-corrected chi connectivity index (χ0v) is 14.6. The second-order valence-electron chi connectivity index (χ2n) is 6.41. The van der Waals surface area contributed by atoms with Gasteiger partial charge in [-0.3, -0.25) is 0 Å². The van der Waals surface area contributed by atoms with Crippen LogP contribution in [-0.4, -0.2) is 5.11 Å². The molecule has 20 heavy (non-hydrogen) atoms. The van der Waals surface area contributed by atoms with Crippen molar-refractivity contribution in [2.75, 3.05) is 0 Å². The summed E-state index contributed by atoms with van der Waals surface area (Å²) in [7, 11) is 0. The number of rotatable bonds is 2. The van der Waals surface area contributed by atoms with Gasteiger partial charge in [0.2, 0.25) is 0 Å². The second-order valence-corrected chi connectivity index (χ2v) is 7.65. The Morgan fingerprint density at radius 3 is 1.45 bits per heavy atom. The molecule has 2 rings (SSSR count). The minimum Gasteiger partial charge on any atom is -0.381 e. The van der Waals surface area contributed by atoms with Gasteiger partial charge in [0.1, 0.15) is 5.60 Å². The normalized spacial score (nSPS) is 14.9. The Hall–Kier alpha value is -0.870. The Morgan fingerprint density at radius 1 is 0.700 bits per heavy atom. The first-order valence-corrected chi connectivity index (χ1v) is 7.88. The summed E-state index contributed by atoms with van der Waals surface area (Å²) in [6.45, 7) is 8.43. The van der Waals surface area contributed by atoms with Crippen LogP contribution < -0.4 is 0 Å². The fourth-order valence-electron chi connectivity index (χ4n) is 2.24. The van der Waals surface area contributed by atoms with E-state index >= 15 is 0 Å². The van der Waals surface area contributed by atoms with Crippen molar-refractivity contribution in [2.24, 2.45) is 0 Å². The molecule has 0 aliphatic heterocycles. The maximum absolute atomic E-state index is 10.8. The van der Waals surface area contributed by atoms with Crippen molar-refractivity contribution in [3.05, 3.63) is 68.8 Å². The molecule has 0 radical (unpaired) electrons. The first-order valence-electron chi connectivity index (χ1n) is 6.81. The molecular weight excluding hydrogens is 359 g/mol. The van der Waals surface area contributed by atoms with Gasteiger partial charge in [-0.1, -0.05) is 57.2 Å². The SMILES string of the molecule is CC(C)(C)c1ccc(C(C)(O)c2ccc(I)cc2)cc1. The number of halogens is 1. The smallest absolute Gasteiger partial charge is 0.112 e. The van der Waals surface area contributed by atoms with E-state index in [-0.39, 0.29) is 5.41 Å². The zero-order valence-electron chi connectivity index (χ0n) is 12.4. The van der Waals surface area contributed by atoms with Gasteiger partial charge in [-0.2, -0.15) is 0 Å². The van der Waals surface area contributed by atoms with Crippen LogP contribution in [-0.2, 0) is 11.0 Å². The molecule has 0 saturated heterocycles. The number of benzene rings is 2. The Kier molecular flexibility index (Phi) is 4.26. The topological polar surface area (TPSA) is 20.2 Å². The molecule has 0 aliphatic carbocycles. The summed E-state index contributed by atoms with van der Waals surface area (Å²) in [6, 6.07) is 16.3. The summed E-state index contributed by atoms with van der Waals surface area (Å²) in [5.74, 6) is 0. The fraction of sp³-hybridized carbons (Fsp3) is 0.333. The second kappa shape index (κ2) is 5.49. The maximum Gasteiger partial charge on any atom is 0.112 e. The molecule has 0 aliphatic rings. The number of aliphatic hydroxyl groups is 1. The van der Waals surface area contributed by atoms with Crippen molar-refractivity contribution in [3.8, 4) is 0 Å². The van der Waals surface area contributed by atoms with Crippen LogP contribution in [0.2, 0.25) is 0 Å². The van der Waals surface area contributed by atoms with E-state index in [9.17, 15) is 5.11 Å². The van der Waals surface area contributed by atoms with Crippen LogP contribution in [0.25, 0.3) is 0 Å². The van der Waals surface area contributed by atoms with E-state index in [2.05, 4.69) is 55.5 Å². The van der Waals surface area contributed by atoms with Gasteiger partial charge >= 0.3 is 0 Å². The molecule has 0 bridgehead atoms.